The van der Waals surface area contributed by atoms with Crippen molar-refractivity contribution in [2.75, 3.05) is 0 Å². The summed E-state index contributed by atoms with van der Waals surface area (Å²) >= 11 is 0. The lowest BCUT2D eigenvalue weighted by atomic mass is 9.80. The summed E-state index contributed by atoms with van der Waals surface area (Å²) in [5.74, 6) is 0.921. The number of nitrogens with zero attached hydrogens (tertiary/aromatic N) is 3. The lowest BCUT2D eigenvalue weighted by Crippen LogP contribution is -2.17. The molecule has 2 heterocycles. The molecular weight excluding hydrogens is 659 g/mol. The highest BCUT2D eigenvalue weighted by Gasteiger charge is 2.28. The summed E-state index contributed by atoms with van der Waals surface area (Å²) in [5, 5.41) is 11.4. The van der Waals surface area contributed by atoms with Crippen LogP contribution in [0.4, 0.5) is 0 Å². The summed E-state index contributed by atoms with van der Waals surface area (Å²) < 4.78 is 2.29. The van der Waals surface area contributed by atoms with Crippen molar-refractivity contribution >= 4 is 11.0 Å². The summed E-state index contributed by atoms with van der Waals surface area (Å²) in [5.41, 5.74) is 13.7. The third kappa shape index (κ3) is 7.76. The first-order valence-electron chi connectivity index (χ1n) is 19.5. The molecule has 0 unspecified atom stereocenters. The second kappa shape index (κ2) is 13.3. The molecule has 6 rings (SSSR count). The van der Waals surface area contributed by atoms with E-state index in [9.17, 15) is 5.11 Å². The molecular formula is C50H61N3O. The summed E-state index contributed by atoms with van der Waals surface area (Å²) in [6, 6.07) is 30.5. The monoisotopic (exact) mass is 719 g/mol. The van der Waals surface area contributed by atoms with Gasteiger partial charge in [0.2, 0.25) is 0 Å². The van der Waals surface area contributed by atoms with Gasteiger partial charge in [-0.2, -0.15) is 0 Å². The molecule has 54 heavy (non-hydrogen) atoms. The summed E-state index contributed by atoms with van der Waals surface area (Å²) in [6.45, 7) is 34.0. The number of imidazole rings is 1. The molecule has 282 valence electrons. The van der Waals surface area contributed by atoms with E-state index in [1.165, 1.54) is 27.8 Å². The van der Waals surface area contributed by atoms with E-state index >= 15 is 0 Å². The van der Waals surface area contributed by atoms with Crippen molar-refractivity contribution in [1.29, 1.82) is 0 Å². The molecule has 4 nitrogen and oxygen atoms in total. The molecule has 6 aromatic rings. The molecule has 0 aliphatic heterocycles. The highest BCUT2D eigenvalue weighted by Crippen LogP contribution is 2.43. The van der Waals surface area contributed by atoms with Crippen molar-refractivity contribution in [3.63, 3.8) is 0 Å². The molecule has 0 aliphatic carbocycles. The molecule has 0 saturated heterocycles. The van der Waals surface area contributed by atoms with Crippen molar-refractivity contribution in [2.24, 2.45) is 0 Å². The van der Waals surface area contributed by atoms with Crippen LogP contribution in [0.5, 0.6) is 5.75 Å². The number of hydrogen-bond acceptors (Lipinski definition) is 3. The Morgan fingerprint density at radius 1 is 0.481 bits per heavy atom. The van der Waals surface area contributed by atoms with Gasteiger partial charge in [-0.3, -0.25) is 9.55 Å². The van der Waals surface area contributed by atoms with Gasteiger partial charge in [-0.1, -0.05) is 128 Å². The van der Waals surface area contributed by atoms with Gasteiger partial charge in [-0.05, 0) is 121 Å². The van der Waals surface area contributed by atoms with Crippen LogP contribution in [0.2, 0.25) is 0 Å². The standard InChI is InChI=1S/C50H61N3O/c1-46(2,3)33-20-21-51-41(29-33)32-22-31(23-34(24-32)47(4,5)6)40-28-37(50(13,14)15)30-42-44(40)52-45(39-18-16-17-19-43(39)54)53(42)38-26-35(48(7,8)9)25-36(27-38)49(10,11)12/h16-30,54H,1-15H3. The summed E-state index contributed by atoms with van der Waals surface area (Å²) in [7, 11) is 0. The highest BCUT2D eigenvalue weighted by atomic mass is 16.3. The fourth-order valence-electron chi connectivity index (χ4n) is 6.96. The number of aromatic hydroxyl groups is 1. The number of fused-ring (bicyclic) bond motifs is 1. The largest absolute Gasteiger partial charge is 0.507 e. The minimum Gasteiger partial charge on any atom is -0.507 e. The van der Waals surface area contributed by atoms with Gasteiger partial charge in [-0.15, -0.1) is 0 Å². The smallest absolute Gasteiger partial charge is 0.149 e. The Morgan fingerprint density at radius 2 is 1.00 bits per heavy atom. The van der Waals surface area contributed by atoms with E-state index in [0.29, 0.717) is 11.4 Å². The summed E-state index contributed by atoms with van der Waals surface area (Å²) in [6.07, 6.45) is 1.94. The van der Waals surface area contributed by atoms with Crippen LogP contribution < -0.4 is 0 Å². The Bertz CT molecular complexity index is 2320. The number of para-hydroxylation sites is 1. The van der Waals surface area contributed by atoms with Crippen LogP contribution >= 0.6 is 0 Å². The highest BCUT2D eigenvalue weighted by molar-refractivity contribution is 5.97. The van der Waals surface area contributed by atoms with Crippen LogP contribution in [-0.4, -0.2) is 19.6 Å². The van der Waals surface area contributed by atoms with E-state index < -0.39 is 0 Å². The van der Waals surface area contributed by atoms with Crippen LogP contribution in [0.1, 0.15) is 132 Å². The molecule has 0 atom stereocenters. The van der Waals surface area contributed by atoms with Gasteiger partial charge < -0.3 is 5.11 Å². The Morgan fingerprint density at radius 3 is 1.56 bits per heavy atom. The minimum atomic E-state index is -0.149. The Balaban J connectivity index is 1.78. The molecule has 1 N–H and O–H groups in total. The fraction of sp³-hybridized carbons (Fsp3) is 0.400. The Hall–Kier alpha value is -4.70. The first-order chi connectivity index (χ1) is 24.8. The second-order valence-corrected chi connectivity index (χ2v) is 20.4. The fourth-order valence-corrected chi connectivity index (χ4v) is 6.96. The average Bonchev–Trinajstić information content (AvgIpc) is 3.45. The molecule has 4 heteroatoms. The molecule has 0 bridgehead atoms. The van der Waals surface area contributed by atoms with Gasteiger partial charge in [0.05, 0.1) is 22.3 Å². The van der Waals surface area contributed by atoms with Crippen LogP contribution in [0, 0.1) is 0 Å². The third-order valence-corrected chi connectivity index (χ3v) is 10.7. The van der Waals surface area contributed by atoms with E-state index in [2.05, 4.69) is 169 Å². The second-order valence-electron chi connectivity index (χ2n) is 20.4. The van der Waals surface area contributed by atoms with Gasteiger partial charge in [0.25, 0.3) is 0 Å². The van der Waals surface area contributed by atoms with Crippen molar-refractivity contribution in [3.05, 3.63) is 119 Å². The molecule has 0 aliphatic rings. The third-order valence-electron chi connectivity index (χ3n) is 10.7. The molecule has 4 aromatic carbocycles. The molecule has 0 radical (unpaired) electrons. The van der Waals surface area contributed by atoms with Gasteiger partial charge in [-0.25, -0.2) is 4.98 Å². The quantitative estimate of drug-likeness (QED) is 0.197. The molecule has 2 aromatic heterocycles. The van der Waals surface area contributed by atoms with Crippen LogP contribution in [0.15, 0.2) is 91.1 Å². The van der Waals surface area contributed by atoms with Crippen molar-refractivity contribution in [1.82, 2.24) is 14.5 Å². The molecule has 0 amide bonds. The van der Waals surface area contributed by atoms with Crippen molar-refractivity contribution in [2.45, 2.75) is 131 Å². The number of benzene rings is 4. The van der Waals surface area contributed by atoms with Crippen molar-refractivity contribution < 1.29 is 5.11 Å². The van der Waals surface area contributed by atoms with E-state index in [0.717, 1.165) is 39.1 Å². The van der Waals surface area contributed by atoms with Gasteiger partial charge in [0, 0.05) is 23.0 Å². The Kier molecular flexibility index (Phi) is 9.57. The zero-order valence-electron chi connectivity index (χ0n) is 35.4. The maximum atomic E-state index is 11.4. The average molecular weight is 720 g/mol. The van der Waals surface area contributed by atoms with Crippen LogP contribution in [0.25, 0.3) is 50.5 Å². The van der Waals surface area contributed by atoms with E-state index in [1.54, 1.807) is 6.07 Å². The normalized spacial score (nSPS) is 13.2. The van der Waals surface area contributed by atoms with Crippen LogP contribution in [-0.2, 0) is 27.1 Å². The zero-order valence-corrected chi connectivity index (χ0v) is 35.4. The number of pyridine rings is 1. The lowest BCUT2D eigenvalue weighted by molar-refractivity contribution is 0.477. The first-order valence-corrected chi connectivity index (χ1v) is 19.5. The van der Waals surface area contributed by atoms with Crippen LogP contribution in [0.3, 0.4) is 0 Å². The number of hydrogen-bond donors (Lipinski definition) is 1. The first kappa shape index (κ1) is 39.0. The number of aromatic nitrogens is 3. The molecule has 0 spiro atoms. The summed E-state index contributed by atoms with van der Waals surface area (Å²) in [4.78, 5) is 10.4. The van der Waals surface area contributed by atoms with Gasteiger partial charge >= 0.3 is 0 Å². The number of phenolic OH excluding ortho intramolecular Hbond substituents is 1. The predicted octanol–water partition coefficient (Wildman–Crippen LogP) is 13.6. The van der Waals surface area contributed by atoms with Gasteiger partial charge in [0.1, 0.15) is 11.6 Å². The van der Waals surface area contributed by atoms with Gasteiger partial charge in [0.15, 0.2) is 0 Å². The predicted molar refractivity (Wildman–Crippen MR) is 230 cm³/mol. The zero-order chi connectivity index (χ0) is 39.8. The van der Waals surface area contributed by atoms with E-state index in [4.69, 9.17) is 9.97 Å². The van der Waals surface area contributed by atoms with E-state index in [1.807, 2.05) is 24.4 Å². The minimum absolute atomic E-state index is 0.00125. The van der Waals surface area contributed by atoms with E-state index in [-0.39, 0.29) is 32.8 Å². The number of rotatable bonds is 4. The molecule has 0 fully saturated rings. The van der Waals surface area contributed by atoms with Crippen molar-refractivity contribution in [3.8, 4) is 45.2 Å². The number of phenols is 1. The molecule has 0 saturated carbocycles. The SMILES string of the molecule is CC(C)(C)c1cc(-c2cc(C(C)(C)C)ccn2)cc(-c2cc(C(C)(C)C)cc3c2nc(-c2ccccc2O)n3-c2cc(C(C)(C)C)cc(C(C)(C)C)c2)c1. The Labute approximate surface area is 324 Å². The maximum Gasteiger partial charge on any atom is 0.149 e. The lowest BCUT2D eigenvalue weighted by Gasteiger charge is -2.27. The topological polar surface area (TPSA) is 50.9 Å². The maximum absolute atomic E-state index is 11.4.